The van der Waals surface area contributed by atoms with Gasteiger partial charge in [0.05, 0.1) is 16.4 Å². The van der Waals surface area contributed by atoms with Gasteiger partial charge in [-0.25, -0.2) is 21.6 Å². The summed E-state index contributed by atoms with van der Waals surface area (Å²) in [7, 11) is -6.30. The summed E-state index contributed by atoms with van der Waals surface area (Å²) in [4.78, 5) is 0.223. The van der Waals surface area contributed by atoms with Crippen molar-refractivity contribution in [3.8, 4) is 0 Å². The number of hydrogen-bond acceptors (Lipinski definition) is 5. The molecule has 21 heavy (non-hydrogen) atoms. The highest BCUT2D eigenvalue weighted by atomic mass is 32.2. The van der Waals surface area contributed by atoms with Crippen LogP contribution in [0, 0.1) is 0 Å². The van der Waals surface area contributed by atoms with E-state index in [1.165, 1.54) is 0 Å². The molecule has 1 saturated heterocycles. The van der Waals surface area contributed by atoms with Crippen LogP contribution in [0.25, 0.3) is 0 Å². The smallest absolute Gasteiger partial charge is 0.240 e. The molecule has 1 aliphatic rings. The summed E-state index contributed by atoms with van der Waals surface area (Å²) >= 11 is 0. The molecule has 0 amide bonds. The molecular formula is C13H20N2O4S2. The fourth-order valence-corrected chi connectivity index (χ4v) is 4.81. The zero-order valence-corrected chi connectivity index (χ0v) is 13.5. The third kappa shape index (κ3) is 4.42. The Kier molecular flexibility index (Phi) is 4.90. The fraction of sp³-hybridized carbons (Fsp3) is 0.538. The van der Waals surface area contributed by atoms with Gasteiger partial charge in [0.2, 0.25) is 10.0 Å². The van der Waals surface area contributed by atoms with Gasteiger partial charge < -0.3 is 5.32 Å². The molecule has 0 saturated carbocycles. The first-order valence-electron chi connectivity index (χ1n) is 6.89. The topological polar surface area (TPSA) is 92.3 Å². The highest BCUT2D eigenvalue weighted by Crippen LogP contribution is 2.19. The Morgan fingerprint density at radius 2 is 1.71 bits per heavy atom. The zero-order chi connectivity index (χ0) is 15.5. The molecule has 8 heteroatoms. The van der Waals surface area contributed by atoms with Crippen LogP contribution in [0.4, 0.5) is 5.69 Å². The third-order valence-electron chi connectivity index (χ3n) is 3.42. The van der Waals surface area contributed by atoms with Gasteiger partial charge in [-0.2, -0.15) is 0 Å². The van der Waals surface area contributed by atoms with Gasteiger partial charge in [0.25, 0.3) is 0 Å². The lowest BCUT2D eigenvalue weighted by Gasteiger charge is -2.24. The summed E-state index contributed by atoms with van der Waals surface area (Å²) in [6.07, 6.45) is 1.17. The van der Waals surface area contributed by atoms with E-state index in [1.54, 1.807) is 31.2 Å². The Bertz CT molecular complexity index is 667. The van der Waals surface area contributed by atoms with Crippen molar-refractivity contribution in [2.45, 2.75) is 30.7 Å². The van der Waals surface area contributed by atoms with Crippen molar-refractivity contribution in [1.29, 1.82) is 0 Å². The predicted octanol–water partition coefficient (Wildman–Crippen LogP) is 0.974. The van der Waals surface area contributed by atoms with Crippen LogP contribution in [0.3, 0.4) is 0 Å². The third-order valence-corrected chi connectivity index (χ3v) is 6.70. The van der Waals surface area contributed by atoms with Crippen LogP contribution in [0.5, 0.6) is 0 Å². The lowest BCUT2D eigenvalue weighted by atomic mass is 10.1. The second-order valence-electron chi connectivity index (χ2n) is 5.10. The highest BCUT2D eigenvalue weighted by Gasteiger charge is 2.23. The van der Waals surface area contributed by atoms with Crippen molar-refractivity contribution in [3.63, 3.8) is 0 Å². The van der Waals surface area contributed by atoms with Gasteiger partial charge in [-0.1, -0.05) is 6.92 Å². The first-order valence-corrected chi connectivity index (χ1v) is 10.2. The summed E-state index contributed by atoms with van der Waals surface area (Å²) < 4.78 is 48.8. The van der Waals surface area contributed by atoms with Gasteiger partial charge in [-0.3, -0.25) is 0 Å². The number of benzene rings is 1. The standard InChI is InChI=1S/C13H20N2O4S2/c1-2-14-21(18,19)13-5-3-11(4-6-13)15-12-7-9-20(16,17)10-8-12/h3-6,12,14-15H,2,7-10H2,1H3. The molecule has 2 rings (SSSR count). The van der Waals surface area contributed by atoms with Crippen molar-refractivity contribution < 1.29 is 16.8 Å². The second kappa shape index (κ2) is 6.33. The lowest BCUT2D eigenvalue weighted by Crippen LogP contribution is -2.32. The van der Waals surface area contributed by atoms with Crippen LogP contribution in [-0.2, 0) is 19.9 Å². The van der Waals surface area contributed by atoms with Crippen LogP contribution in [-0.4, -0.2) is 40.9 Å². The molecule has 0 atom stereocenters. The van der Waals surface area contributed by atoms with E-state index in [1.807, 2.05) is 0 Å². The van der Waals surface area contributed by atoms with Crippen molar-refractivity contribution >= 4 is 25.5 Å². The first kappa shape index (κ1) is 16.3. The van der Waals surface area contributed by atoms with Crippen molar-refractivity contribution in [2.24, 2.45) is 0 Å². The number of rotatable bonds is 5. The summed E-state index contributed by atoms with van der Waals surface area (Å²) in [6, 6.07) is 6.60. The molecule has 1 aromatic carbocycles. The number of sulfonamides is 1. The van der Waals surface area contributed by atoms with E-state index in [2.05, 4.69) is 10.0 Å². The van der Waals surface area contributed by atoms with Crippen LogP contribution in [0.15, 0.2) is 29.2 Å². The molecule has 0 aromatic heterocycles. The van der Waals surface area contributed by atoms with Gasteiger partial charge in [-0.05, 0) is 37.1 Å². The van der Waals surface area contributed by atoms with Crippen LogP contribution >= 0.6 is 0 Å². The molecule has 1 aromatic rings. The van der Waals surface area contributed by atoms with E-state index in [9.17, 15) is 16.8 Å². The maximum absolute atomic E-state index is 11.8. The van der Waals surface area contributed by atoms with E-state index >= 15 is 0 Å². The summed E-state index contributed by atoms with van der Waals surface area (Å²) in [5, 5.41) is 3.25. The maximum Gasteiger partial charge on any atom is 0.240 e. The van der Waals surface area contributed by atoms with Crippen LogP contribution in [0.1, 0.15) is 19.8 Å². The quantitative estimate of drug-likeness (QED) is 0.838. The number of sulfone groups is 1. The van der Waals surface area contributed by atoms with Crippen molar-refractivity contribution in [1.82, 2.24) is 4.72 Å². The number of hydrogen-bond donors (Lipinski definition) is 2. The Morgan fingerprint density at radius 1 is 1.14 bits per heavy atom. The number of nitrogens with one attached hydrogen (secondary N) is 2. The largest absolute Gasteiger partial charge is 0.382 e. The molecule has 1 heterocycles. The minimum absolute atomic E-state index is 0.116. The molecule has 1 aliphatic heterocycles. The molecule has 118 valence electrons. The Morgan fingerprint density at radius 3 is 2.24 bits per heavy atom. The molecular weight excluding hydrogens is 312 g/mol. The first-order chi connectivity index (χ1) is 9.82. The highest BCUT2D eigenvalue weighted by molar-refractivity contribution is 7.91. The zero-order valence-electron chi connectivity index (χ0n) is 11.9. The second-order valence-corrected chi connectivity index (χ2v) is 9.17. The Hall–Kier alpha value is -1.12. The predicted molar refractivity (Wildman–Crippen MR) is 82.6 cm³/mol. The summed E-state index contributed by atoms with van der Waals surface area (Å²) in [6.45, 7) is 2.07. The average molecular weight is 332 g/mol. The molecule has 0 bridgehead atoms. The minimum Gasteiger partial charge on any atom is -0.382 e. The average Bonchev–Trinajstić information content (AvgIpc) is 2.42. The van der Waals surface area contributed by atoms with E-state index in [0.29, 0.717) is 19.4 Å². The normalized spacial score (nSPS) is 19.3. The van der Waals surface area contributed by atoms with E-state index in [4.69, 9.17) is 0 Å². The van der Waals surface area contributed by atoms with Gasteiger partial charge in [-0.15, -0.1) is 0 Å². The SMILES string of the molecule is CCNS(=O)(=O)c1ccc(NC2CCS(=O)(=O)CC2)cc1. The van der Waals surface area contributed by atoms with Gasteiger partial charge in [0.1, 0.15) is 9.84 Å². The Labute approximate surface area is 125 Å². The fourth-order valence-electron chi connectivity index (χ4n) is 2.27. The van der Waals surface area contributed by atoms with E-state index in [0.717, 1.165) is 5.69 Å². The minimum atomic E-state index is -3.43. The summed E-state index contributed by atoms with van der Waals surface area (Å²) in [5.41, 5.74) is 0.801. The van der Waals surface area contributed by atoms with Gasteiger partial charge >= 0.3 is 0 Å². The van der Waals surface area contributed by atoms with Crippen molar-refractivity contribution in [3.05, 3.63) is 24.3 Å². The molecule has 2 N–H and O–H groups in total. The van der Waals surface area contributed by atoms with E-state index < -0.39 is 19.9 Å². The number of anilines is 1. The monoisotopic (exact) mass is 332 g/mol. The Balaban J connectivity index is 2.00. The van der Waals surface area contributed by atoms with Gasteiger partial charge in [0.15, 0.2) is 0 Å². The lowest BCUT2D eigenvalue weighted by molar-refractivity contribution is 0.559. The van der Waals surface area contributed by atoms with Gasteiger partial charge in [0, 0.05) is 18.3 Å². The van der Waals surface area contributed by atoms with Crippen molar-refractivity contribution in [2.75, 3.05) is 23.4 Å². The summed E-state index contributed by atoms with van der Waals surface area (Å²) in [5.74, 6) is 0.412. The van der Waals surface area contributed by atoms with Crippen LogP contribution in [0.2, 0.25) is 0 Å². The maximum atomic E-state index is 11.8. The molecule has 0 unspecified atom stereocenters. The molecule has 1 fully saturated rings. The molecule has 0 spiro atoms. The molecule has 0 aliphatic carbocycles. The van der Waals surface area contributed by atoms with Crippen LogP contribution < -0.4 is 10.0 Å². The van der Waals surface area contributed by atoms with E-state index in [-0.39, 0.29) is 22.4 Å². The molecule has 0 radical (unpaired) electrons. The molecule has 6 nitrogen and oxygen atoms in total.